The lowest BCUT2D eigenvalue weighted by molar-refractivity contribution is 0.763. The minimum Gasteiger partial charge on any atom is -0.248 e. The van der Waals surface area contributed by atoms with Gasteiger partial charge >= 0.3 is 0 Å². The maximum atomic E-state index is 4.35. The molecule has 1 nitrogen and oxygen atoms in total. The molecule has 0 fully saturated rings. The number of aromatic nitrogens is 1. The normalized spacial score (nSPS) is 11.9. The molecule has 0 aliphatic carbocycles. The first-order chi connectivity index (χ1) is 4.11. The molecule has 50 valence electrons. The van der Waals surface area contributed by atoms with Crippen LogP contribution in [0.15, 0.2) is 10.9 Å². The Kier molecular flexibility index (Phi) is 1.82. The lowest BCUT2D eigenvalue weighted by atomic mass is 10.1. The standard InChI is InChI=1S/C6H9NS2/c1-6(2,8)5-3-9-4-7-5/h3-4,8H,1-2H3. The van der Waals surface area contributed by atoms with E-state index >= 15 is 0 Å². The van der Waals surface area contributed by atoms with Gasteiger partial charge in [0.15, 0.2) is 0 Å². The highest BCUT2D eigenvalue weighted by Gasteiger charge is 2.15. The third-order valence-corrected chi connectivity index (χ3v) is 1.87. The first-order valence-corrected chi connectivity index (χ1v) is 4.11. The Hall–Kier alpha value is -0.0200. The van der Waals surface area contributed by atoms with E-state index in [0.29, 0.717) is 0 Å². The van der Waals surface area contributed by atoms with E-state index in [1.165, 1.54) is 0 Å². The minimum absolute atomic E-state index is 0.0833. The van der Waals surface area contributed by atoms with Crippen molar-refractivity contribution >= 4 is 24.0 Å². The Labute approximate surface area is 64.5 Å². The topological polar surface area (TPSA) is 12.9 Å². The first kappa shape index (κ1) is 7.09. The molecule has 0 unspecified atom stereocenters. The van der Waals surface area contributed by atoms with Crippen molar-refractivity contribution in [2.75, 3.05) is 0 Å². The van der Waals surface area contributed by atoms with E-state index in [1.807, 2.05) is 24.7 Å². The van der Waals surface area contributed by atoms with Gasteiger partial charge in [-0.25, -0.2) is 4.98 Å². The average molecular weight is 159 g/mol. The van der Waals surface area contributed by atoms with Gasteiger partial charge in [-0.2, -0.15) is 12.6 Å². The summed E-state index contributed by atoms with van der Waals surface area (Å²) in [7, 11) is 0. The molecule has 1 aromatic heterocycles. The molecule has 0 atom stereocenters. The SMILES string of the molecule is CC(C)(S)c1cscn1. The maximum absolute atomic E-state index is 4.35. The fourth-order valence-corrected chi connectivity index (χ4v) is 1.44. The van der Waals surface area contributed by atoms with Crippen molar-refractivity contribution in [3.8, 4) is 0 Å². The van der Waals surface area contributed by atoms with E-state index in [-0.39, 0.29) is 4.75 Å². The van der Waals surface area contributed by atoms with Gasteiger partial charge in [0, 0.05) is 5.38 Å². The summed E-state index contributed by atoms with van der Waals surface area (Å²) in [6, 6.07) is 0. The van der Waals surface area contributed by atoms with Crippen molar-refractivity contribution in [1.82, 2.24) is 4.98 Å². The Balaban J connectivity index is 2.90. The molecule has 1 rings (SSSR count). The van der Waals surface area contributed by atoms with Crippen LogP contribution in [0, 0.1) is 0 Å². The molecule has 9 heavy (non-hydrogen) atoms. The number of rotatable bonds is 1. The van der Waals surface area contributed by atoms with Gasteiger partial charge in [-0.3, -0.25) is 0 Å². The molecule has 0 aromatic carbocycles. The van der Waals surface area contributed by atoms with Crippen molar-refractivity contribution in [3.05, 3.63) is 16.6 Å². The molecule has 3 heteroatoms. The van der Waals surface area contributed by atoms with Crippen LogP contribution >= 0.6 is 24.0 Å². The molecule has 0 aliphatic rings. The van der Waals surface area contributed by atoms with Gasteiger partial charge in [0.25, 0.3) is 0 Å². The van der Waals surface area contributed by atoms with E-state index in [9.17, 15) is 0 Å². The van der Waals surface area contributed by atoms with Crippen molar-refractivity contribution in [2.24, 2.45) is 0 Å². The second-order valence-electron chi connectivity index (χ2n) is 2.43. The monoisotopic (exact) mass is 159 g/mol. The van der Waals surface area contributed by atoms with Crippen LogP contribution in [0.25, 0.3) is 0 Å². The van der Waals surface area contributed by atoms with E-state index in [0.717, 1.165) is 5.69 Å². The molecule has 0 N–H and O–H groups in total. The Morgan fingerprint density at radius 1 is 1.67 bits per heavy atom. The summed E-state index contributed by atoms with van der Waals surface area (Å²) in [5.41, 5.74) is 2.88. The zero-order valence-corrected chi connectivity index (χ0v) is 7.17. The van der Waals surface area contributed by atoms with Crippen molar-refractivity contribution < 1.29 is 0 Å². The average Bonchev–Trinajstić information content (AvgIpc) is 2.08. The fraction of sp³-hybridized carbons (Fsp3) is 0.500. The van der Waals surface area contributed by atoms with Gasteiger partial charge in [0.05, 0.1) is 16.0 Å². The second kappa shape index (κ2) is 2.31. The van der Waals surface area contributed by atoms with E-state index < -0.39 is 0 Å². The lowest BCUT2D eigenvalue weighted by Crippen LogP contribution is -2.07. The summed E-state index contributed by atoms with van der Waals surface area (Å²) in [6.45, 7) is 4.07. The number of hydrogen-bond donors (Lipinski definition) is 1. The highest BCUT2D eigenvalue weighted by Crippen LogP contribution is 2.25. The van der Waals surface area contributed by atoms with Crippen molar-refractivity contribution in [2.45, 2.75) is 18.6 Å². The molecule has 0 amide bonds. The maximum Gasteiger partial charge on any atom is 0.0795 e. The van der Waals surface area contributed by atoms with Gasteiger partial charge in [-0.1, -0.05) is 0 Å². The number of thiazole rings is 1. The van der Waals surface area contributed by atoms with Crippen molar-refractivity contribution in [3.63, 3.8) is 0 Å². The lowest BCUT2D eigenvalue weighted by Gasteiger charge is -2.12. The zero-order valence-electron chi connectivity index (χ0n) is 5.46. The van der Waals surface area contributed by atoms with Crippen LogP contribution in [-0.2, 0) is 4.75 Å². The van der Waals surface area contributed by atoms with Gasteiger partial charge in [-0.05, 0) is 13.8 Å². The van der Waals surface area contributed by atoms with E-state index in [1.54, 1.807) is 11.3 Å². The van der Waals surface area contributed by atoms with Crippen molar-refractivity contribution in [1.29, 1.82) is 0 Å². The Morgan fingerprint density at radius 2 is 2.33 bits per heavy atom. The first-order valence-electron chi connectivity index (χ1n) is 2.72. The highest BCUT2D eigenvalue weighted by molar-refractivity contribution is 7.81. The number of nitrogens with zero attached hydrogens (tertiary/aromatic N) is 1. The second-order valence-corrected chi connectivity index (χ2v) is 4.27. The third-order valence-electron chi connectivity index (χ3n) is 1.06. The van der Waals surface area contributed by atoms with Gasteiger partial charge in [-0.15, -0.1) is 11.3 Å². The van der Waals surface area contributed by atoms with E-state index in [2.05, 4.69) is 17.6 Å². The summed E-state index contributed by atoms with van der Waals surface area (Å²) in [6.07, 6.45) is 0. The summed E-state index contributed by atoms with van der Waals surface area (Å²) < 4.78 is -0.0833. The number of thiol groups is 1. The molecule has 0 spiro atoms. The van der Waals surface area contributed by atoms with Crippen LogP contribution < -0.4 is 0 Å². The van der Waals surface area contributed by atoms with Crippen LogP contribution in [0.5, 0.6) is 0 Å². The summed E-state index contributed by atoms with van der Waals surface area (Å²) >= 11 is 5.96. The van der Waals surface area contributed by atoms with Crippen LogP contribution in [0.1, 0.15) is 19.5 Å². The molecular formula is C6H9NS2. The van der Waals surface area contributed by atoms with Gasteiger partial charge in [0.1, 0.15) is 0 Å². The summed E-state index contributed by atoms with van der Waals surface area (Å²) in [5, 5.41) is 2.02. The minimum atomic E-state index is -0.0833. The summed E-state index contributed by atoms with van der Waals surface area (Å²) in [4.78, 5) is 4.13. The molecule has 0 bridgehead atoms. The molecule has 0 saturated carbocycles. The van der Waals surface area contributed by atoms with Crippen LogP contribution in [0.2, 0.25) is 0 Å². The van der Waals surface area contributed by atoms with E-state index in [4.69, 9.17) is 0 Å². The Morgan fingerprint density at radius 3 is 2.56 bits per heavy atom. The van der Waals surface area contributed by atoms with Crippen LogP contribution in [-0.4, -0.2) is 4.98 Å². The largest absolute Gasteiger partial charge is 0.248 e. The van der Waals surface area contributed by atoms with Gasteiger partial charge in [0.2, 0.25) is 0 Å². The predicted molar refractivity (Wildman–Crippen MR) is 44.1 cm³/mol. The fourth-order valence-electron chi connectivity index (χ4n) is 0.515. The number of hydrogen-bond acceptors (Lipinski definition) is 3. The van der Waals surface area contributed by atoms with Crippen LogP contribution in [0.3, 0.4) is 0 Å². The predicted octanol–water partition coefficient (Wildman–Crippen LogP) is 2.31. The van der Waals surface area contributed by atoms with Crippen LogP contribution in [0.4, 0.5) is 0 Å². The van der Waals surface area contributed by atoms with Gasteiger partial charge < -0.3 is 0 Å². The molecule has 0 radical (unpaired) electrons. The Bertz CT molecular complexity index is 173. The third kappa shape index (κ3) is 1.69. The molecule has 0 aliphatic heterocycles. The smallest absolute Gasteiger partial charge is 0.0795 e. The molecular weight excluding hydrogens is 150 g/mol. The zero-order chi connectivity index (χ0) is 6.91. The molecule has 0 saturated heterocycles. The molecule has 1 aromatic rings. The summed E-state index contributed by atoms with van der Waals surface area (Å²) in [5.74, 6) is 0. The highest BCUT2D eigenvalue weighted by atomic mass is 32.1. The molecule has 1 heterocycles. The quantitative estimate of drug-likeness (QED) is 0.620.